The average molecular weight is 308 g/mol. The Balaban J connectivity index is 0.00000135. The van der Waals surface area contributed by atoms with Crippen LogP contribution >= 0.6 is 0 Å². The molecule has 0 spiro atoms. The molecule has 0 saturated carbocycles. The van der Waals surface area contributed by atoms with Crippen LogP contribution in [0.1, 0.15) is 44.5 Å². The van der Waals surface area contributed by atoms with Gasteiger partial charge >= 0.3 is 0 Å². The van der Waals surface area contributed by atoms with E-state index in [0.29, 0.717) is 31.0 Å². The second-order valence-electron chi connectivity index (χ2n) is 4.76. The molecule has 1 N–H and O–H groups in total. The molecule has 1 aromatic carbocycles. The zero-order valence-corrected chi connectivity index (χ0v) is 14.3. The number of nitrogens with one attached hydrogen (secondary N) is 1. The fraction of sp³-hybridized carbons (Fsp3) is 0.529. The first-order chi connectivity index (χ1) is 10.5. The lowest BCUT2D eigenvalue weighted by molar-refractivity contribution is -0.129. The lowest BCUT2D eigenvalue weighted by atomic mass is 10.2. The van der Waals surface area contributed by atoms with Gasteiger partial charge in [-0.25, -0.2) is 0 Å². The molecule has 0 fully saturated rings. The molecule has 0 atom stereocenters. The monoisotopic (exact) mass is 308 g/mol. The Bertz CT molecular complexity index is 461. The molecule has 0 aliphatic rings. The fourth-order valence-corrected chi connectivity index (χ4v) is 1.68. The molecule has 0 bridgehead atoms. The van der Waals surface area contributed by atoms with Crippen molar-refractivity contribution in [2.75, 3.05) is 26.7 Å². The summed E-state index contributed by atoms with van der Waals surface area (Å²) in [7, 11) is 1.59. The van der Waals surface area contributed by atoms with Crippen LogP contribution < -0.4 is 10.1 Å². The third-order valence-electron chi connectivity index (χ3n) is 2.78. The maximum atomic E-state index is 11.5. The van der Waals surface area contributed by atoms with Crippen LogP contribution in [-0.4, -0.2) is 43.5 Å². The van der Waals surface area contributed by atoms with E-state index in [0.717, 1.165) is 0 Å². The molecule has 5 heteroatoms. The third-order valence-corrected chi connectivity index (χ3v) is 2.78. The third kappa shape index (κ3) is 7.67. The SMILES string of the molecule is CCC.CCN(CCOc1cccc(C(=O)NC)c1)C(C)=O. The van der Waals surface area contributed by atoms with Gasteiger partial charge in [-0.05, 0) is 25.1 Å². The van der Waals surface area contributed by atoms with Crippen molar-refractivity contribution in [3.63, 3.8) is 0 Å². The van der Waals surface area contributed by atoms with Crippen molar-refractivity contribution in [2.24, 2.45) is 0 Å². The minimum Gasteiger partial charge on any atom is -0.492 e. The highest BCUT2D eigenvalue weighted by Gasteiger charge is 2.07. The first-order valence-electron chi connectivity index (χ1n) is 7.70. The Morgan fingerprint density at radius 2 is 1.86 bits per heavy atom. The van der Waals surface area contributed by atoms with Gasteiger partial charge in [-0.1, -0.05) is 26.3 Å². The molecule has 0 saturated heterocycles. The minimum absolute atomic E-state index is 0.0326. The van der Waals surface area contributed by atoms with Gasteiger partial charge in [0, 0.05) is 26.1 Å². The van der Waals surface area contributed by atoms with Crippen molar-refractivity contribution in [3.05, 3.63) is 29.8 Å². The van der Waals surface area contributed by atoms with E-state index in [2.05, 4.69) is 19.2 Å². The highest BCUT2D eigenvalue weighted by atomic mass is 16.5. The van der Waals surface area contributed by atoms with Gasteiger partial charge in [0.05, 0.1) is 6.54 Å². The number of benzene rings is 1. The van der Waals surface area contributed by atoms with Gasteiger partial charge in [0.25, 0.3) is 5.91 Å². The Morgan fingerprint density at radius 3 is 2.36 bits per heavy atom. The molecule has 0 aliphatic heterocycles. The summed E-state index contributed by atoms with van der Waals surface area (Å²) in [5.41, 5.74) is 0.555. The molecule has 0 aliphatic carbocycles. The zero-order valence-electron chi connectivity index (χ0n) is 14.3. The van der Waals surface area contributed by atoms with Crippen molar-refractivity contribution >= 4 is 11.8 Å². The van der Waals surface area contributed by atoms with Crippen molar-refractivity contribution in [1.82, 2.24) is 10.2 Å². The van der Waals surface area contributed by atoms with Crippen LogP contribution in [0.4, 0.5) is 0 Å². The number of nitrogens with zero attached hydrogens (tertiary/aromatic N) is 1. The smallest absolute Gasteiger partial charge is 0.251 e. The zero-order chi connectivity index (χ0) is 17.0. The summed E-state index contributed by atoms with van der Waals surface area (Å²) in [6.45, 7) is 9.32. The largest absolute Gasteiger partial charge is 0.492 e. The molecular formula is C17H28N2O3. The second-order valence-corrected chi connectivity index (χ2v) is 4.76. The lowest BCUT2D eigenvalue weighted by Gasteiger charge is -2.18. The molecule has 124 valence electrons. The maximum absolute atomic E-state index is 11.5. The van der Waals surface area contributed by atoms with Gasteiger partial charge in [-0.2, -0.15) is 0 Å². The first kappa shape index (κ1) is 20.0. The fourth-order valence-electron chi connectivity index (χ4n) is 1.68. The number of ether oxygens (including phenoxy) is 1. The number of hydrogen-bond donors (Lipinski definition) is 1. The van der Waals surface area contributed by atoms with Gasteiger partial charge in [-0.15, -0.1) is 0 Å². The summed E-state index contributed by atoms with van der Waals surface area (Å²) in [6.07, 6.45) is 1.25. The molecular weight excluding hydrogens is 280 g/mol. The van der Waals surface area contributed by atoms with Gasteiger partial charge < -0.3 is 15.0 Å². The van der Waals surface area contributed by atoms with Crippen molar-refractivity contribution in [1.29, 1.82) is 0 Å². The average Bonchev–Trinajstić information content (AvgIpc) is 2.51. The molecule has 2 amide bonds. The van der Waals surface area contributed by atoms with E-state index in [1.54, 1.807) is 36.2 Å². The van der Waals surface area contributed by atoms with E-state index in [9.17, 15) is 9.59 Å². The predicted octanol–water partition coefficient (Wildman–Crippen LogP) is 2.71. The molecule has 1 aromatic rings. The number of hydrogen-bond acceptors (Lipinski definition) is 3. The Morgan fingerprint density at radius 1 is 1.23 bits per heavy atom. The minimum atomic E-state index is -0.149. The number of carbonyl (C=O) groups excluding carboxylic acids is 2. The summed E-state index contributed by atoms with van der Waals surface area (Å²) >= 11 is 0. The van der Waals surface area contributed by atoms with Crippen LogP contribution in [0.5, 0.6) is 5.75 Å². The topological polar surface area (TPSA) is 58.6 Å². The van der Waals surface area contributed by atoms with E-state index in [1.807, 2.05) is 6.92 Å². The summed E-state index contributed by atoms with van der Waals surface area (Å²) in [5, 5.41) is 2.56. The van der Waals surface area contributed by atoms with Crippen LogP contribution in [0.3, 0.4) is 0 Å². The molecule has 0 radical (unpaired) electrons. The highest BCUT2D eigenvalue weighted by molar-refractivity contribution is 5.94. The van der Waals surface area contributed by atoms with Crippen LogP contribution in [0.2, 0.25) is 0 Å². The Labute approximate surface area is 133 Å². The number of carbonyl (C=O) groups is 2. The Hall–Kier alpha value is -2.04. The standard InChI is InChI=1S/C14H20N2O3.C3H8/c1-4-16(11(2)17)8-9-19-13-7-5-6-12(10-13)14(18)15-3;1-3-2/h5-7,10H,4,8-9H2,1-3H3,(H,15,18);3H2,1-2H3. The predicted molar refractivity (Wildman–Crippen MR) is 89.2 cm³/mol. The van der Waals surface area contributed by atoms with Gasteiger partial charge in [0.15, 0.2) is 0 Å². The van der Waals surface area contributed by atoms with Crippen LogP contribution in [0, 0.1) is 0 Å². The molecule has 22 heavy (non-hydrogen) atoms. The van der Waals surface area contributed by atoms with E-state index in [1.165, 1.54) is 13.3 Å². The summed E-state index contributed by atoms with van der Waals surface area (Å²) < 4.78 is 5.55. The Kier molecular flexibility index (Phi) is 10.5. The molecule has 0 unspecified atom stereocenters. The van der Waals surface area contributed by atoms with Gasteiger partial charge in [0.1, 0.15) is 12.4 Å². The second kappa shape index (κ2) is 11.6. The van der Waals surface area contributed by atoms with Gasteiger partial charge in [-0.3, -0.25) is 9.59 Å². The van der Waals surface area contributed by atoms with Crippen LogP contribution in [0.15, 0.2) is 24.3 Å². The molecule has 1 rings (SSSR count). The van der Waals surface area contributed by atoms with E-state index in [4.69, 9.17) is 4.74 Å². The van der Waals surface area contributed by atoms with Crippen molar-refractivity contribution in [3.8, 4) is 5.75 Å². The van der Waals surface area contributed by atoms with Gasteiger partial charge in [0.2, 0.25) is 5.91 Å². The quantitative estimate of drug-likeness (QED) is 0.879. The highest BCUT2D eigenvalue weighted by Crippen LogP contribution is 2.13. The summed E-state index contributed by atoms with van der Waals surface area (Å²) in [5.74, 6) is 0.510. The number of rotatable bonds is 6. The molecule has 5 nitrogen and oxygen atoms in total. The normalized spacial score (nSPS) is 9.32. The van der Waals surface area contributed by atoms with E-state index in [-0.39, 0.29) is 11.8 Å². The van der Waals surface area contributed by atoms with Crippen LogP contribution in [0.25, 0.3) is 0 Å². The molecule has 0 heterocycles. The summed E-state index contributed by atoms with van der Waals surface area (Å²) in [4.78, 5) is 24.4. The number of amides is 2. The van der Waals surface area contributed by atoms with Crippen LogP contribution in [-0.2, 0) is 4.79 Å². The van der Waals surface area contributed by atoms with E-state index < -0.39 is 0 Å². The first-order valence-corrected chi connectivity index (χ1v) is 7.70. The van der Waals surface area contributed by atoms with Crippen molar-refractivity contribution in [2.45, 2.75) is 34.1 Å². The maximum Gasteiger partial charge on any atom is 0.251 e. The number of likely N-dealkylation sites (N-methyl/N-ethyl adjacent to an activating group) is 1. The molecule has 0 aromatic heterocycles. The van der Waals surface area contributed by atoms with E-state index >= 15 is 0 Å². The lowest BCUT2D eigenvalue weighted by Crippen LogP contribution is -2.32. The summed E-state index contributed by atoms with van der Waals surface area (Å²) in [6, 6.07) is 6.96. The van der Waals surface area contributed by atoms with Crippen molar-refractivity contribution < 1.29 is 14.3 Å².